The van der Waals surface area contributed by atoms with Gasteiger partial charge in [0.05, 0.1) is 0 Å². The maximum atomic E-state index is 4.21. The zero-order valence-corrected chi connectivity index (χ0v) is 9.40. The summed E-state index contributed by atoms with van der Waals surface area (Å²) in [6.45, 7) is 5.24. The van der Waals surface area contributed by atoms with Crippen molar-refractivity contribution in [3.8, 4) is 0 Å². The van der Waals surface area contributed by atoms with Gasteiger partial charge in [-0.25, -0.2) is 0 Å². The Labute approximate surface area is 91.7 Å². The molecule has 0 saturated heterocycles. The first-order valence-electron chi connectivity index (χ1n) is 5.29. The van der Waals surface area contributed by atoms with E-state index in [1.807, 2.05) is 0 Å². The van der Waals surface area contributed by atoms with E-state index in [9.17, 15) is 0 Å². The normalized spacial score (nSPS) is 19.4. The minimum absolute atomic E-state index is 0.454. The molecule has 1 aliphatic rings. The largest absolute Gasteiger partial charge is 0.308 e. The Morgan fingerprint density at radius 1 is 1.27 bits per heavy atom. The number of benzene rings is 1. The first-order valence-corrected chi connectivity index (χ1v) is 5.29. The van der Waals surface area contributed by atoms with Crippen molar-refractivity contribution < 1.29 is 0 Å². The van der Waals surface area contributed by atoms with Crippen LogP contribution in [-0.4, -0.2) is 25.5 Å². The molecular formula is C14H17N. The third-order valence-corrected chi connectivity index (χ3v) is 2.82. The Kier molecular flexibility index (Phi) is 2.74. The third kappa shape index (κ3) is 2.02. The van der Waals surface area contributed by atoms with Crippen molar-refractivity contribution in [1.29, 1.82) is 0 Å². The van der Waals surface area contributed by atoms with Crippen LogP contribution in [-0.2, 0) is 0 Å². The van der Waals surface area contributed by atoms with Crippen LogP contribution in [0.15, 0.2) is 36.9 Å². The summed E-state index contributed by atoms with van der Waals surface area (Å²) in [5, 5.41) is 0. The van der Waals surface area contributed by atoms with Crippen LogP contribution >= 0.6 is 0 Å². The summed E-state index contributed by atoms with van der Waals surface area (Å²) in [5.74, 6) is 0.454. The SMILES string of the molecule is C=C1c2ccccc2C=CC1CN(C)C. The van der Waals surface area contributed by atoms with E-state index in [-0.39, 0.29) is 0 Å². The Balaban J connectivity index is 2.29. The maximum Gasteiger partial charge on any atom is 0.0149 e. The van der Waals surface area contributed by atoms with Crippen molar-refractivity contribution in [3.63, 3.8) is 0 Å². The van der Waals surface area contributed by atoms with Crippen LogP contribution in [0, 0.1) is 5.92 Å². The van der Waals surface area contributed by atoms with E-state index in [1.54, 1.807) is 0 Å². The van der Waals surface area contributed by atoms with E-state index in [2.05, 4.69) is 62.0 Å². The molecule has 15 heavy (non-hydrogen) atoms. The molecule has 1 aliphatic carbocycles. The van der Waals surface area contributed by atoms with E-state index in [0.717, 1.165) is 6.54 Å². The van der Waals surface area contributed by atoms with Crippen LogP contribution in [0.4, 0.5) is 0 Å². The lowest BCUT2D eigenvalue weighted by Crippen LogP contribution is -2.22. The van der Waals surface area contributed by atoms with Gasteiger partial charge in [0.25, 0.3) is 0 Å². The molecule has 78 valence electrons. The van der Waals surface area contributed by atoms with Gasteiger partial charge in [0.2, 0.25) is 0 Å². The van der Waals surface area contributed by atoms with E-state index in [1.165, 1.54) is 16.7 Å². The molecule has 0 saturated carbocycles. The number of fused-ring (bicyclic) bond motifs is 1. The standard InChI is InChI=1S/C14H17N/c1-11-13(10-15(2)3)9-8-12-6-4-5-7-14(11)12/h4-9,13H,1,10H2,2-3H3. The number of nitrogens with zero attached hydrogens (tertiary/aromatic N) is 1. The molecule has 0 aliphatic heterocycles. The Bertz CT molecular complexity index is 402. The smallest absolute Gasteiger partial charge is 0.0149 e. The molecule has 0 N–H and O–H groups in total. The minimum Gasteiger partial charge on any atom is -0.308 e. The molecule has 0 amide bonds. The lowest BCUT2D eigenvalue weighted by atomic mass is 9.85. The van der Waals surface area contributed by atoms with Gasteiger partial charge in [0.15, 0.2) is 0 Å². The summed E-state index contributed by atoms with van der Waals surface area (Å²) >= 11 is 0. The molecule has 1 aromatic carbocycles. The Morgan fingerprint density at radius 2 is 2.00 bits per heavy atom. The van der Waals surface area contributed by atoms with E-state index in [0.29, 0.717) is 5.92 Å². The van der Waals surface area contributed by atoms with Gasteiger partial charge < -0.3 is 4.90 Å². The maximum absolute atomic E-state index is 4.21. The average molecular weight is 199 g/mol. The highest BCUT2D eigenvalue weighted by Crippen LogP contribution is 2.31. The predicted octanol–water partition coefficient (Wildman–Crippen LogP) is 2.90. The fourth-order valence-corrected chi connectivity index (χ4v) is 2.03. The second-order valence-electron chi connectivity index (χ2n) is 4.34. The fourth-order valence-electron chi connectivity index (χ4n) is 2.03. The van der Waals surface area contributed by atoms with E-state index < -0.39 is 0 Å². The van der Waals surface area contributed by atoms with Crippen molar-refractivity contribution in [1.82, 2.24) is 4.90 Å². The number of hydrogen-bond donors (Lipinski definition) is 0. The first-order chi connectivity index (χ1) is 7.18. The molecule has 1 nitrogen and oxygen atoms in total. The third-order valence-electron chi connectivity index (χ3n) is 2.82. The minimum atomic E-state index is 0.454. The Morgan fingerprint density at radius 3 is 2.73 bits per heavy atom. The van der Waals surface area contributed by atoms with Gasteiger partial charge in [-0.2, -0.15) is 0 Å². The highest BCUT2D eigenvalue weighted by Gasteiger charge is 2.17. The van der Waals surface area contributed by atoms with Gasteiger partial charge in [0, 0.05) is 12.5 Å². The summed E-state index contributed by atoms with van der Waals surface area (Å²) in [6, 6.07) is 8.45. The van der Waals surface area contributed by atoms with Crippen LogP contribution in [0.5, 0.6) is 0 Å². The number of hydrogen-bond acceptors (Lipinski definition) is 1. The molecule has 1 unspecified atom stereocenters. The van der Waals surface area contributed by atoms with Crippen molar-refractivity contribution in [2.24, 2.45) is 5.92 Å². The lowest BCUT2D eigenvalue weighted by Gasteiger charge is -2.24. The molecule has 0 fully saturated rings. The van der Waals surface area contributed by atoms with Crippen LogP contribution in [0.1, 0.15) is 11.1 Å². The van der Waals surface area contributed by atoms with Crippen LogP contribution in [0.25, 0.3) is 11.6 Å². The van der Waals surface area contributed by atoms with Gasteiger partial charge in [-0.15, -0.1) is 0 Å². The zero-order valence-electron chi connectivity index (χ0n) is 9.40. The zero-order chi connectivity index (χ0) is 10.8. The van der Waals surface area contributed by atoms with E-state index >= 15 is 0 Å². The average Bonchev–Trinajstić information content (AvgIpc) is 2.22. The summed E-state index contributed by atoms with van der Waals surface area (Å²) in [5.41, 5.74) is 3.83. The van der Waals surface area contributed by atoms with Crippen molar-refractivity contribution in [2.45, 2.75) is 0 Å². The summed E-state index contributed by atoms with van der Waals surface area (Å²) in [7, 11) is 4.20. The summed E-state index contributed by atoms with van der Waals surface area (Å²) in [4.78, 5) is 2.20. The van der Waals surface area contributed by atoms with Gasteiger partial charge in [-0.1, -0.05) is 43.0 Å². The van der Waals surface area contributed by atoms with Crippen molar-refractivity contribution in [3.05, 3.63) is 48.0 Å². The highest BCUT2D eigenvalue weighted by molar-refractivity contribution is 5.79. The lowest BCUT2D eigenvalue weighted by molar-refractivity contribution is 0.390. The molecule has 1 atom stereocenters. The molecule has 0 aromatic heterocycles. The second-order valence-corrected chi connectivity index (χ2v) is 4.34. The van der Waals surface area contributed by atoms with Gasteiger partial charge >= 0.3 is 0 Å². The van der Waals surface area contributed by atoms with Gasteiger partial charge in [-0.3, -0.25) is 0 Å². The van der Waals surface area contributed by atoms with Crippen molar-refractivity contribution in [2.75, 3.05) is 20.6 Å². The van der Waals surface area contributed by atoms with Crippen LogP contribution < -0.4 is 0 Å². The second kappa shape index (κ2) is 4.03. The molecule has 1 aromatic rings. The van der Waals surface area contributed by atoms with E-state index in [4.69, 9.17) is 0 Å². The summed E-state index contributed by atoms with van der Waals surface area (Å²) < 4.78 is 0. The molecule has 0 radical (unpaired) electrons. The molecule has 0 bridgehead atoms. The quantitative estimate of drug-likeness (QED) is 0.708. The van der Waals surface area contributed by atoms with Crippen molar-refractivity contribution >= 4 is 11.6 Å². The van der Waals surface area contributed by atoms with Gasteiger partial charge in [-0.05, 0) is 30.8 Å². The van der Waals surface area contributed by atoms with Crippen LogP contribution in [0.3, 0.4) is 0 Å². The van der Waals surface area contributed by atoms with Gasteiger partial charge in [0.1, 0.15) is 0 Å². The molecular weight excluding hydrogens is 182 g/mol. The predicted molar refractivity (Wildman–Crippen MR) is 66.6 cm³/mol. The molecule has 0 heterocycles. The molecule has 2 rings (SSSR count). The topological polar surface area (TPSA) is 3.24 Å². The number of rotatable bonds is 2. The summed E-state index contributed by atoms with van der Waals surface area (Å²) in [6.07, 6.45) is 4.46. The first kappa shape index (κ1) is 10.2. The Hall–Kier alpha value is -1.34. The molecule has 1 heteroatoms. The fraction of sp³-hybridized carbons (Fsp3) is 0.286. The molecule has 0 spiro atoms. The highest BCUT2D eigenvalue weighted by atomic mass is 15.1. The monoisotopic (exact) mass is 199 g/mol. The van der Waals surface area contributed by atoms with Crippen LogP contribution in [0.2, 0.25) is 0 Å².